The largest absolute Gasteiger partial charge is 0.349 e. The van der Waals surface area contributed by atoms with Crippen molar-refractivity contribution in [3.8, 4) is 0 Å². The van der Waals surface area contributed by atoms with E-state index >= 15 is 0 Å². The van der Waals surface area contributed by atoms with Crippen molar-refractivity contribution in [2.75, 3.05) is 6.54 Å². The molecule has 0 radical (unpaired) electrons. The first-order valence-electron chi connectivity index (χ1n) is 5.42. The van der Waals surface area contributed by atoms with Crippen LogP contribution < -0.4 is 4.72 Å². The summed E-state index contributed by atoms with van der Waals surface area (Å²) in [7, 11) is -3.75. The molecule has 1 heterocycles. The first kappa shape index (κ1) is 14.0. The van der Waals surface area contributed by atoms with Crippen molar-refractivity contribution in [3.05, 3.63) is 47.3 Å². The van der Waals surface area contributed by atoms with Crippen LogP contribution in [0.1, 0.15) is 5.82 Å². The van der Waals surface area contributed by atoms with Gasteiger partial charge in [-0.25, -0.2) is 22.5 Å². The fraction of sp³-hybridized carbons (Fsp3) is 0.182. The van der Waals surface area contributed by atoms with Gasteiger partial charge in [0.25, 0.3) is 0 Å². The SMILES string of the molecule is O=S(=O)(NCCc1ncc[nH]1)c1ccc(F)cc1Cl. The van der Waals surface area contributed by atoms with Crippen LogP contribution >= 0.6 is 11.6 Å². The van der Waals surface area contributed by atoms with E-state index in [-0.39, 0.29) is 16.5 Å². The number of imidazole rings is 1. The Bertz CT molecular complexity index is 659. The molecule has 2 aromatic rings. The van der Waals surface area contributed by atoms with Gasteiger partial charge in [-0.1, -0.05) is 11.6 Å². The van der Waals surface area contributed by atoms with Crippen LogP contribution in [0.4, 0.5) is 4.39 Å². The molecule has 0 saturated carbocycles. The summed E-state index contributed by atoms with van der Waals surface area (Å²) in [5.41, 5.74) is 0. The summed E-state index contributed by atoms with van der Waals surface area (Å²) in [6.45, 7) is 0.170. The Hall–Kier alpha value is -1.44. The van der Waals surface area contributed by atoms with E-state index in [1.54, 1.807) is 12.4 Å². The van der Waals surface area contributed by atoms with Gasteiger partial charge in [0.05, 0.1) is 5.02 Å². The van der Waals surface area contributed by atoms with Gasteiger partial charge >= 0.3 is 0 Å². The van der Waals surface area contributed by atoms with Gasteiger partial charge in [0, 0.05) is 25.4 Å². The average Bonchev–Trinajstić information content (AvgIpc) is 2.81. The van der Waals surface area contributed by atoms with Gasteiger partial charge in [0.15, 0.2) is 0 Å². The van der Waals surface area contributed by atoms with Crippen LogP contribution in [-0.4, -0.2) is 24.9 Å². The van der Waals surface area contributed by atoms with Crippen LogP contribution in [0.5, 0.6) is 0 Å². The van der Waals surface area contributed by atoms with E-state index in [2.05, 4.69) is 14.7 Å². The quantitative estimate of drug-likeness (QED) is 0.883. The Morgan fingerprint density at radius 2 is 2.21 bits per heavy atom. The predicted molar refractivity (Wildman–Crippen MR) is 68.9 cm³/mol. The summed E-state index contributed by atoms with van der Waals surface area (Å²) in [4.78, 5) is 6.69. The van der Waals surface area contributed by atoms with Crippen LogP contribution in [-0.2, 0) is 16.4 Å². The van der Waals surface area contributed by atoms with Crippen molar-refractivity contribution in [1.82, 2.24) is 14.7 Å². The lowest BCUT2D eigenvalue weighted by Crippen LogP contribution is -2.26. The van der Waals surface area contributed by atoms with Gasteiger partial charge in [-0.3, -0.25) is 0 Å². The molecule has 0 aliphatic carbocycles. The molecular formula is C11H11ClFN3O2S. The van der Waals surface area contributed by atoms with Gasteiger partial charge in [0.2, 0.25) is 10.0 Å². The summed E-state index contributed by atoms with van der Waals surface area (Å²) >= 11 is 5.71. The molecule has 0 saturated heterocycles. The number of nitrogens with zero attached hydrogens (tertiary/aromatic N) is 1. The van der Waals surface area contributed by atoms with E-state index in [9.17, 15) is 12.8 Å². The number of rotatable bonds is 5. The number of aromatic nitrogens is 2. The van der Waals surface area contributed by atoms with Crippen molar-refractivity contribution >= 4 is 21.6 Å². The third kappa shape index (κ3) is 3.52. The molecule has 19 heavy (non-hydrogen) atoms. The summed E-state index contributed by atoms with van der Waals surface area (Å²) in [5.74, 6) is 0.0902. The molecule has 2 rings (SSSR count). The van der Waals surface area contributed by atoms with Gasteiger partial charge in [-0.15, -0.1) is 0 Å². The van der Waals surface area contributed by atoms with E-state index in [1.165, 1.54) is 0 Å². The molecule has 0 fully saturated rings. The highest BCUT2D eigenvalue weighted by Gasteiger charge is 2.17. The minimum Gasteiger partial charge on any atom is -0.349 e. The number of hydrogen-bond donors (Lipinski definition) is 2. The summed E-state index contributed by atoms with van der Waals surface area (Å²) in [5, 5.41) is -0.148. The van der Waals surface area contributed by atoms with E-state index in [0.717, 1.165) is 18.2 Å². The first-order chi connectivity index (χ1) is 8.99. The van der Waals surface area contributed by atoms with Crippen LogP contribution in [0.25, 0.3) is 0 Å². The number of benzene rings is 1. The number of halogens is 2. The molecule has 0 amide bonds. The lowest BCUT2D eigenvalue weighted by molar-refractivity contribution is 0.580. The lowest BCUT2D eigenvalue weighted by Gasteiger charge is -2.07. The Balaban J connectivity index is 2.05. The van der Waals surface area contributed by atoms with E-state index < -0.39 is 15.8 Å². The Kier molecular flexibility index (Phi) is 4.18. The van der Waals surface area contributed by atoms with Gasteiger partial charge in [-0.2, -0.15) is 0 Å². The number of sulfonamides is 1. The van der Waals surface area contributed by atoms with E-state index in [0.29, 0.717) is 12.2 Å². The Labute approximate surface area is 114 Å². The first-order valence-corrected chi connectivity index (χ1v) is 7.28. The molecule has 0 bridgehead atoms. The minimum atomic E-state index is -3.75. The van der Waals surface area contributed by atoms with Crippen LogP contribution in [0.2, 0.25) is 5.02 Å². The molecule has 8 heteroatoms. The van der Waals surface area contributed by atoms with Crippen molar-refractivity contribution in [1.29, 1.82) is 0 Å². The summed E-state index contributed by atoms with van der Waals surface area (Å²) in [6.07, 6.45) is 3.66. The standard InChI is InChI=1S/C11H11ClFN3O2S/c12-9-7-8(13)1-2-10(9)19(17,18)16-4-3-11-14-5-6-15-11/h1-2,5-7,16H,3-4H2,(H,14,15). The maximum Gasteiger partial charge on any atom is 0.242 e. The average molecular weight is 304 g/mol. The van der Waals surface area contributed by atoms with Crippen LogP contribution in [0.3, 0.4) is 0 Å². The van der Waals surface area contributed by atoms with Crippen molar-refractivity contribution < 1.29 is 12.8 Å². The van der Waals surface area contributed by atoms with Gasteiger partial charge in [0.1, 0.15) is 16.5 Å². The van der Waals surface area contributed by atoms with E-state index in [4.69, 9.17) is 11.6 Å². The molecule has 0 unspecified atom stereocenters. The van der Waals surface area contributed by atoms with Crippen molar-refractivity contribution in [2.24, 2.45) is 0 Å². The zero-order chi connectivity index (χ0) is 13.9. The zero-order valence-corrected chi connectivity index (χ0v) is 11.3. The third-order valence-corrected chi connectivity index (χ3v) is 4.34. The number of aromatic amines is 1. The van der Waals surface area contributed by atoms with E-state index in [1.807, 2.05) is 0 Å². The minimum absolute atomic E-state index is 0.144. The Morgan fingerprint density at radius 1 is 1.42 bits per heavy atom. The highest BCUT2D eigenvalue weighted by atomic mass is 35.5. The predicted octanol–water partition coefficient (Wildman–Crippen LogP) is 1.72. The summed E-state index contributed by atoms with van der Waals surface area (Å²) < 4.78 is 39.1. The highest BCUT2D eigenvalue weighted by molar-refractivity contribution is 7.89. The smallest absolute Gasteiger partial charge is 0.242 e. The fourth-order valence-corrected chi connectivity index (χ4v) is 3.07. The number of hydrogen-bond acceptors (Lipinski definition) is 3. The fourth-order valence-electron chi connectivity index (χ4n) is 1.51. The number of H-pyrrole nitrogens is 1. The molecular weight excluding hydrogens is 293 g/mol. The normalized spacial score (nSPS) is 11.7. The van der Waals surface area contributed by atoms with Gasteiger partial charge in [-0.05, 0) is 18.2 Å². The lowest BCUT2D eigenvalue weighted by atomic mass is 10.3. The van der Waals surface area contributed by atoms with Crippen LogP contribution in [0, 0.1) is 5.82 Å². The molecule has 1 aromatic carbocycles. The highest BCUT2D eigenvalue weighted by Crippen LogP contribution is 2.21. The second-order valence-electron chi connectivity index (χ2n) is 3.76. The van der Waals surface area contributed by atoms with Gasteiger partial charge < -0.3 is 4.98 Å². The molecule has 0 aliphatic rings. The maximum absolute atomic E-state index is 12.9. The molecule has 0 atom stereocenters. The van der Waals surface area contributed by atoms with Crippen molar-refractivity contribution in [2.45, 2.75) is 11.3 Å². The monoisotopic (exact) mass is 303 g/mol. The molecule has 5 nitrogen and oxygen atoms in total. The molecule has 0 spiro atoms. The zero-order valence-electron chi connectivity index (χ0n) is 9.73. The topological polar surface area (TPSA) is 74.8 Å². The van der Waals surface area contributed by atoms with Crippen LogP contribution in [0.15, 0.2) is 35.5 Å². The van der Waals surface area contributed by atoms with Crippen molar-refractivity contribution in [3.63, 3.8) is 0 Å². The molecule has 0 aliphatic heterocycles. The molecule has 2 N–H and O–H groups in total. The maximum atomic E-state index is 12.9. The Morgan fingerprint density at radius 3 is 2.84 bits per heavy atom. The second kappa shape index (κ2) is 5.68. The third-order valence-electron chi connectivity index (χ3n) is 2.39. The second-order valence-corrected chi connectivity index (χ2v) is 5.90. The molecule has 102 valence electrons. The summed E-state index contributed by atoms with van der Waals surface area (Å²) in [6, 6.07) is 3.14. The number of nitrogens with one attached hydrogen (secondary N) is 2. The molecule has 1 aromatic heterocycles.